The molecule has 1 aromatic carbocycles. The largest absolute Gasteiger partial charge is 0.356 e. The van der Waals surface area contributed by atoms with Crippen molar-refractivity contribution in [3.63, 3.8) is 0 Å². The predicted octanol–water partition coefficient (Wildman–Crippen LogP) is 1.26. The van der Waals surface area contributed by atoms with Crippen LogP contribution in [0.2, 0.25) is 0 Å². The van der Waals surface area contributed by atoms with E-state index in [9.17, 15) is 13.2 Å². The summed E-state index contributed by atoms with van der Waals surface area (Å²) in [4.78, 5) is 16.9. The second-order valence-corrected chi connectivity index (χ2v) is 9.26. The maximum absolute atomic E-state index is 12.1. The van der Waals surface area contributed by atoms with E-state index in [2.05, 4.69) is 42.7 Å². The lowest BCUT2D eigenvalue weighted by Gasteiger charge is -2.33. The highest BCUT2D eigenvalue weighted by molar-refractivity contribution is 9.10. The highest BCUT2D eigenvalue weighted by Gasteiger charge is 2.15. The van der Waals surface area contributed by atoms with Crippen molar-refractivity contribution in [3.8, 4) is 0 Å². The molecule has 1 fully saturated rings. The summed E-state index contributed by atoms with van der Waals surface area (Å²) in [5.41, 5.74) is 0. The second-order valence-electron chi connectivity index (χ2n) is 6.58. The van der Waals surface area contributed by atoms with Crippen molar-refractivity contribution >= 4 is 31.9 Å². The van der Waals surface area contributed by atoms with Crippen molar-refractivity contribution < 1.29 is 13.2 Å². The van der Waals surface area contributed by atoms with Crippen LogP contribution in [0.3, 0.4) is 0 Å². The molecule has 0 atom stereocenters. The van der Waals surface area contributed by atoms with E-state index in [1.165, 1.54) is 12.1 Å². The molecule has 1 saturated heterocycles. The highest BCUT2D eigenvalue weighted by atomic mass is 79.9. The SMILES string of the molecule is CCN1CCN(CCCNC(=O)CCNS(=O)(=O)c2ccc(Br)cc2)CC1. The number of sulfonamides is 1. The number of benzene rings is 1. The number of hydrogen-bond acceptors (Lipinski definition) is 5. The van der Waals surface area contributed by atoms with Crippen LogP contribution in [0.15, 0.2) is 33.6 Å². The van der Waals surface area contributed by atoms with Gasteiger partial charge in [-0.15, -0.1) is 0 Å². The molecule has 0 aliphatic carbocycles. The third-order valence-electron chi connectivity index (χ3n) is 4.65. The first-order chi connectivity index (χ1) is 12.9. The Labute approximate surface area is 170 Å². The fraction of sp³-hybridized carbons (Fsp3) is 0.611. The first-order valence-corrected chi connectivity index (χ1v) is 11.6. The molecule has 2 N–H and O–H groups in total. The molecule has 1 aliphatic heterocycles. The molecule has 0 unspecified atom stereocenters. The molecule has 0 spiro atoms. The van der Waals surface area contributed by atoms with Gasteiger partial charge < -0.3 is 15.1 Å². The molecule has 1 aromatic rings. The standard InChI is InChI=1S/C18H29BrN4O3S/c1-2-22-12-14-23(15-13-22)11-3-9-20-18(24)8-10-21-27(25,26)17-6-4-16(19)5-7-17/h4-7,21H,2-3,8-15H2,1H3,(H,20,24). The number of halogens is 1. The minimum Gasteiger partial charge on any atom is -0.356 e. The van der Waals surface area contributed by atoms with Gasteiger partial charge in [-0.1, -0.05) is 22.9 Å². The Balaban J connectivity index is 1.58. The van der Waals surface area contributed by atoms with Gasteiger partial charge in [0.05, 0.1) is 4.90 Å². The normalized spacial score (nSPS) is 16.4. The van der Waals surface area contributed by atoms with E-state index in [1.54, 1.807) is 12.1 Å². The predicted molar refractivity (Wildman–Crippen MR) is 110 cm³/mol. The van der Waals surface area contributed by atoms with E-state index in [-0.39, 0.29) is 23.8 Å². The van der Waals surface area contributed by atoms with Gasteiger partial charge >= 0.3 is 0 Å². The lowest BCUT2D eigenvalue weighted by Crippen LogP contribution is -2.46. The molecular formula is C18H29BrN4O3S. The molecule has 1 heterocycles. The first kappa shape index (κ1) is 22.3. The van der Waals surface area contributed by atoms with Gasteiger partial charge in [-0.3, -0.25) is 4.79 Å². The molecule has 1 amide bonds. The monoisotopic (exact) mass is 460 g/mol. The zero-order chi connectivity index (χ0) is 19.7. The average Bonchev–Trinajstić information content (AvgIpc) is 2.66. The van der Waals surface area contributed by atoms with Gasteiger partial charge in [0.2, 0.25) is 15.9 Å². The number of likely N-dealkylation sites (N-methyl/N-ethyl adjacent to an activating group) is 1. The summed E-state index contributed by atoms with van der Waals surface area (Å²) in [5, 5.41) is 2.86. The number of amides is 1. The van der Waals surface area contributed by atoms with E-state index < -0.39 is 10.0 Å². The Morgan fingerprint density at radius 1 is 1.07 bits per heavy atom. The molecule has 0 bridgehead atoms. The smallest absolute Gasteiger partial charge is 0.240 e. The van der Waals surface area contributed by atoms with Crippen LogP contribution in [-0.2, 0) is 14.8 Å². The number of nitrogens with one attached hydrogen (secondary N) is 2. The van der Waals surface area contributed by atoms with Crippen LogP contribution in [0, 0.1) is 0 Å². The van der Waals surface area contributed by atoms with Crippen LogP contribution >= 0.6 is 15.9 Å². The van der Waals surface area contributed by atoms with Crippen LogP contribution in [0.1, 0.15) is 19.8 Å². The molecule has 7 nitrogen and oxygen atoms in total. The maximum Gasteiger partial charge on any atom is 0.240 e. The van der Waals surface area contributed by atoms with Gasteiger partial charge in [0.1, 0.15) is 0 Å². The Hall–Kier alpha value is -1.00. The molecular weight excluding hydrogens is 432 g/mol. The lowest BCUT2D eigenvalue weighted by molar-refractivity contribution is -0.120. The van der Waals surface area contributed by atoms with E-state index in [0.717, 1.165) is 50.2 Å². The van der Waals surface area contributed by atoms with Crippen LogP contribution in [0.4, 0.5) is 0 Å². The minimum absolute atomic E-state index is 0.0865. The number of rotatable bonds is 10. The molecule has 0 radical (unpaired) electrons. The lowest BCUT2D eigenvalue weighted by atomic mass is 10.3. The van der Waals surface area contributed by atoms with Crippen molar-refractivity contribution in [1.29, 1.82) is 0 Å². The molecule has 0 saturated carbocycles. The number of carbonyl (C=O) groups is 1. The van der Waals surface area contributed by atoms with Gasteiger partial charge in [-0.2, -0.15) is 0 Å². The van der Waals surface area contributed by atoms with Crippen LogP contribution in [-0.4, -0.2) is 76.5 Å². The minimum atomic E-state index is -3.58. The Bertz CT molecular complexity index is 689. The molecule has 152 valence electrons. The molecule has 27 heavy (non-hydrogen) atoms. The first-order valence-electron chi connectivity index (χ1n) is 9.37. The third kappa shape index (κ3) is 7.87. The summed E-state index contributed by atoms with van der Waals surface area (Å²) in [6.45, 7) is 9.37. The van der Waals surface area contributed by atoms with Crippen molar-refractivity contribution in [2.45, 2.75) is 24.7 Å². The zero-order valence-corrected chi connectivity index (χ0v) is 18.2. The molecule has 9 heteroatoms. The fourth-order valence-electron chi connectivity index (χ4n) is 2.94. The van der Waals surface area contributed by atoms with E-state index in [4.69, 9.17) is 0 Å². The van der Waals surface area contributed by atoms with Gasteiger partial charge in [0.25, 0.3) is 0 Å². The summed E-state index contributed by atoms with van der Waals surface area (Å²) in [6.07, 6.45) is 1.04. The number of hydrogen-bond donors (Lipinski definition) is 2. The number of nitrogens with zero attached hydrogens (tertiary/aromatic N) is 2. The molecule has 0 aromatic heterocycles. The molecule has 2 rings (SSSR count). The summed E-state index contributed by atoms with van der Waals surface area (Å²) in [5.74, 6) is -0.135. The van der Waals surface area contributed by atoms with E-state index >= 15 is 0 Å². The summed E-state index contributed by atoms with van der Waals surface area (Å²) in [7, 11) is -3.58. The number of piperazine rings is 1. The van der Waals surface area contributed by atoms with Crippen molar-refractivity contribution in [3.05, 3.63) is 28.7 Å². The van der Waals surface area contributed by atoms with Crippen LogP contribution < -0.4 is 10.0 Å². The second kappa shape index (κ2) is 11.1. The van der Waals surface area contributed by atoms with Crippen molar-refractivity contribution in [1.82, 2.24) is 19.8 Å². The van der Waals surface area contributed by atoms with Crippen LogP contribution in [0.5, 0.6) is 0 Å². The maximum atomic E-state index is 12.1. The van der Waals surface area contributed by atoms with Gasteiger partial charge in [0, 0.05) is 50.2 Å². The van der Waals surface area contributed by atoms with Gasteiger partial charge in [0.15, 0.2) is 0 Å². The Morgan fingerprint density at radius 3 is 2.33 bits per heavy atom. The quantitative estimate of drug-likeness (QED) is 0.513. The topological polar surface area (TPSA) is 81.8 Å². The Kier molecular flexibility index (Phi) is 9.17. The van der Waals surface area contributed by atoms with E-state index in [0.29, 0.717) is 6.54 Å². The van der Waals surface area contributed by atoms with E-state index in [1.807, 2.05) is 0 Å². The summed E-state index contributed by atoms with van der Waals surface area (Å²) < 4.78 is 27.5. The summed E-state index contributed by atoms with van der Waals surface area (Å²) in [6, 6.07) is 6.38. The van der Waals surface area contributed by atoms with Gasteiger partial charge in [-0.25, -0.2) is 13.1 Å². The third-order valence-corrected chi connectivity index (χ3v) is 6.66. The Morgan fingerprint density at radius 2 is 1.70 bits per heavy atom. The average molecular weight is 461 g/mol. The molecule has 1 aliphatic rings. The van der Waals surface area contributed by atoms with Gasteiger partial charge in [-0.05, 0) is 43.8 Å². The number of carbonyl (C=O) groups excluding carboxylic acids is 1. The fourth-order valence-corrected chi connectivity index (χ4v) is 4.24. The van der Waals surface area contributed by atoms with Crippen molar-refractivity contribution in [2.24, 2.45) is 0 Å². The highest BCUT2D eigenvalue weighted by Crippen LogP contribution is 2.14. The zero-order valence-electron chi connectivity index (χ0n) is 15.8. The summed E-state index contributed by atoms with van der Waals surface area (Å²) >= 11 is 3.27. The van der Waals surface area contributed by atoms with Crippen molar-refractivity contribution in [2.75, 3.05) is 52.4 Å². The van der Waals surface area contributed by atoms with Crippen LogP contribution in [0.25, 0.3) is 0 Å².